The molecule has 5 aromatic carbocycles. The van der Waals surface area contributed by atoms with E-state index in [-0.39, 0.29) is 13.0 Å². The van der Waals surface area contributed by atoms with Crippen LogP contribution in [0, 0.1) is 0 Å². The second kappa shape index (κ2) is 6.48. The second-order valence-electron chi connectivity index (χ2n) is 8.18. The number of fused-ring (bicyclic) bond motifs is 2. The van der Waals surface area contributed by atoms with Crippen LogP contribution in [0.25, 0.3) is 43.1 Å². The summed E-state index contributed by atoms with van der Waals surface area (Å²) in [5, 5.41) is 7.96. The van der Waals surface area contributed by atoms with E-state index in [4.69, 9.17) is 4.55 Å². The van der Waals surface area contributed by atoms with Crippen LogP contribution in [0.1, 0.15) is 27.1 Å². The van der Waals surface area contributed by atoms with Crippen LogP contribution in [-0.2, 0) is 10.1 Å². The molecule has 0 aliphatic carbocycles. The molecule has 2 amide bonds. The third-order valence-electron chi connectivity index (χ3n) is 6.38. The molecular weight excluding hydrogens is 426 g/mol. The van der Waals surface area contributed by atoms with Crippen LogP contribution in [0.5, 0.6) is 0 Å². The molecule has 1 aliphatic heterocycles. The van der Waals surface area contributed by atoms with Crippen molar-refractivity contribution in [1.82, 2.24) is 4.90 Å². The summed E-state index contributed by atoms with van der Waals surface area (Å²) in [6.45, 7) is -0.0793. The minimum atomic E-state index is -4.16. The highest BCUT2D eigenvalue weighted by atomic mass is 32.2. The molecule has 0 fully saturated rings. The number of amides is 2. The van der Waals surface area contributed by atoms with E-state index in [0.29, 0.717) is 16.5 Å². The van der Waals surface area contributed by atoms with E-state index in [9.17, 15) is 18.0 Å². The molecule has 0 atom stereocenters. The van der Waals surface area contributed by atoms with Gasteiger partial charge in [0.25, 0.3) is 21.9 Å². The van der Waals surface area contributed by atoms with Gasteiger partial charge in [0, 0.05) is 23.1 Å². The predicted molar refractivity (Wildman–Crippen MR) is 124 cm³/mol. The number of benzene rings is 5. The predicted octanol–water partition coefficient (Wildman–Crippen LogP) is 4.61. The molecule has 1 N–H and O–H groups in total. The van der Waals surface area contributed by atoms with Crippen LogP contribution in [0.2, 0.25) is 0 Å². The molecular formula is C25H17NO5S. The van der Waals surface area contributed by atoms with E-state index in [1.165, 1.54) is 0 Å². The molecule has 1 heterocycles. The topological polar surface area (TPSA) is 91.8 Å². The van der Waals surface area contributed by atoms with E-state index in [1.54, 1.807) is 12.1 Å². The molecule has 32 heavy (non-hydrogen) atoms. The van der Waals surface area contributed by atoms with E-state index >= 15 is 0 Å². The Balaban J connectivity index is 1.62. The quantitative estimate of drug-likeness (QED) is 0.190. The summed E-state index contributed by atoms with van der Waals surface area (Å²) in [6, 6.07) is 19.7. The average molecular weight is 443 g/mol. The summed E-state index contributed by atoms with van der Waals surface area (Å²) in [5.74, 6) is -1.40. The van der Waals surface area contributed by atoms with Gasteiger partial charge in [0.05, 0.1) is 5.75 Å². The first-order valence-corrected chi connectivity index (χ1v) is 11.9. The number of hydrogen-bond acceptors (Lipinski definition) is 4. The van der Waals surface area contributed by atoms with Crippen molar-refractivity contribution in [3.8, 4) is 0 Å². The van der Waals surface area contributed by atoms with Crippen LogP contribution in [0.3, 0.4) is 0 Å². The summed E-state index contributed by atoms with van der Waals surface area (Å²) in [5.41, 5.74) is 0.859. The molecule has 0 spiro atoms. The summed E-state index contributed by atoms with van der Waals surface area (Å²) >= 11 is 0. The molecule has 0 radical (unpaired) electrons. The van der Waals surface area contributed by atoms with Crippen molar-refractivity contribution in [3.63, 3.8) is 0 Å². The Morgan fingerprint density at radius 1 is 0.688 bits per heavy atom. The van der Waals surface area contributed by atoms with Crippen LogP contribution in [0.15, 0.2) is 60.7 Å². The van der Waals surface area contributed by atoms with Crippen molar-refractivity contribution in [3.05, 3.63) is 71.8 Å². The summed E-state index contributed by atoms with van der Waals surface area (Å²) in [7, 11) is -4.16. The largest absolute Gasteiger partial charge is 0.286 e. The Labute approximate surface area is 183 Å². The lowest BCUT2D eigenvalue weighted by atomic mass is 9.85. The number of imide groups is 1. The van der Waals surface area contributed by atoms with E-state index < -0.39 is 27.7 Å². The zero-order chi connectivity index (χ0) is 22.2. The van der Waals surface area contributed by atoms with Crippen molar-refractivity contribution >= 4 is 65.0 Å². The van der Waals surface area contributed by atoms with Gasteiger partial charge in [-0.2, -0.15) is 8.42 Å². The van der Waals surface area contributed by atoms with Crippen molar-refractivity contribution in [1.29, 1.82) is 0 Å². The van der Waals surface area contributed by atoms with Crippen LogP contribution in [0.4, 0.5) is 0 Å². The zero-order valence-electron chi connectivity index (χ0n) is 16.8. The minimum absolute atomic E-state index is 0.0275. The number of carbonyl (C=O) groups is 2. The van der Waals surface area contributed by atoms with Crippen molar-refractivity contribution in [2.45, 2.75) is 6.42 Å². The smallest absolute Gasteiger partial charge is 0.264 e. The molecule has 0 aromatic heterocycles. The molecule has 5 aromatic rings. The highest BCUT2D eigenvalue weighted by Gasteiger charge is 2.34. The van der Waals surface area contributed by atoms with E-state index in [2.05, 4.69) is 24.3 Å². The van der Waals surface area contributed by atoms with Gasteiger partial charge in [-0.15, -0.1) is 0 Å². The first-order chi connectivity index (χ1) is 15.3. The van der Waals surface area contributed by atoms with Crippen molar-refractivity contribution in [2.75, 3.05) is 12.3 Å². The Hall–Kier alpha value is -3.55. The second-order valence-corrected chi connectivity index (χ2v) is 9.75. The molecule has 7 heteroatoms. The van der Waals surface area contributed by atoms with Crippen LogP contribution < -0.4 is 0 Å². The fourth-order valence-electron chi connectivity index (χ4n) is 5.08. The van der Waals surface area contributed by atoms with Crippen LogP contribution in [-0.4, -0.2) is 42.0 Å². The molecule has 0 saturated carbocycles. The maximum atomic E-state index is 13.2. The molecule has 0 bridgehead atoms. The highest BCUT2D eigenvalue weighted by molar-refractivity contribution is 7.85. The Kier molecular flexibility index (Phi) is 3.88. The van der Waals surface area contributed by atoms with Gasteiger partial charge in [-0.05, 0) is 56.3 Å². The van der Waals surface area contributed by atoms with Gasteiger partial charge in [0.1, 0.15) is 0 Å². The fraction of sp³-hybridized carbons (Fsp3) is 0.120. The van der Waals surface area contributed by atoms with Gasteiger partial charge in [-0.25, -0.2) is 0 Å². The van der Waals surface area contributed by atoms with Gasteiger partial charge in [-0.3, -0.25) is 19.0 Å². The lowest BCUT2D eigenvalue weighted by Crippen LogP contribution is -2.41. The number of rotatable bonds is 4. The van der Waals surface area contributed by atoms with Gasteiger partial charge < -0.3 is 0 Å². The Morgan fingerprint density at radius 2 is 1.22 bits per heavy atom. The lowest BCUT2D eigenvalue weighted by molar-refractivity contribution is 0.0610. The monoisotopic (exact) mass is 443 g/mol. The van der Waals surface area contributed by atoms with E-state index in [0.717, 1.165) is 42.6 Å². The van der Waals surface area contributed by atoms with Crippen LogP contribution >= 0.6 is 0 Å². The third-order valence-corrected chi connectivity index (χ3v) is 7.19. The summed E-state index contributed by atoms with van der Waals surface area (Å²) in [6.07, 6.45) is -0.0275. The maximum absolute atomic E-state index is 13.2. The first kappa shape index (κ1) is 19.2. The SMILES string of the molecule is O=C1c2ccc3c4cccc5cccc(c6ccc(c2c36)C(=O)N1CCCS(=O)(=O)O)c54. The molecule has 0 unspecified atom stereocenters. The summed E-state index contributed by atoms with van der Waals surface area (Å²) < 4.78 is 31.1. The van der Waals surface area contributed by atoms with Crippen molar-refractivity contribution in [2.24, 2.45) is 0 Å². The number of hydrogen-bond donors (Lipinski definition) is 1. The standard InChI is InChI=1S/C25H17NO5S/c27-24-19-10-8-17-15-6-1-4-14-5-2-7-16(21(14)15)18-9-11-20(23(19)22(17)18)25(28)26(24)12-3-13-32(29,30)31/h1-2,4-11H,3,12-13H2,(H,29,30,31). The number of nitrogens with zero attached hydrogens (tertiary/aromatic N) is 1. The van der Waals surface area contributed by atoms with Gasteiger partial charge >= 0.3 is 0 Å². The normalized spacial score (nSPS) is 14.5. The number of carbonyl (C=O) groups excluding carboxylic acids is 2. The van der Waals surface area contributed by atoms with Crippen molar-refractivity contribution < 1.29 is 22.6 Å². The Bertz CT molecular complexity index is 1620. The average Bonchev–Trinajstić information content (AvgIpc) is 2.77. The summed E-state index contributed by atoms with van der Waals surface area (Å²) in [4.78, 5) is 27.5. The maximum Gasteiger partial charge on any atom is 0.264 e. The molecule has 1 aliphatic rings. The minimum Gasteiger partial charge on any atom is -0.286 e. The first-order valence-electron chi connectivity index (χ1n) is 10.3. The van der Waals surface area contributed by atoms with E-state index in [1.807, 2.05) is 24.3 Å². The van der Waals surface area contributed by atoms with Gasteiger partial charge in [0.2, 0.25) is 0 Å². The Morgan fingerprint density at radius 3 is 1.75 bits per heavy atom. The van der Waals surface area contributed by atoms with Gasteiger partial charge in [-0.1, -0.05) is 48.5 Å². The fourth-order valence-corrected chi connectivity index (χ4v) is 5.58. The molecule has 6 rings (SSSR count). The molecule has 158 valence electrons. The molecule has 6 nitrogen and oxygen atoms in total. The lowest BCUT2D eigenvalue weighted by Gasteiger charge is -2.28. The van der Waals surface area contributed by atoms with Gasteiger partial charge in [0.15, 0.2) is 0 Å². The zero-order valence-corrected chi connectivity index (χ0v) is 17.6. The third kappa shape index (κ3) is 2.58. The molecule has 0 saturated heterocycles. The highest BCUT2D eigenvalue weighted by Crippen LogP contribution is 2.43.